The minimum absolute atomic E-state index is 0.601. The molecule has 34 heavy (non-hydrogen) atoms. The van der Waals surface area contributed by atoms with E-state index in [4.69, 9.17) is 0 Å². The van der Waals surface area contributed by atoms with Crippen LogP contribution in [0.5, 0.6) is 0 Å². The van der Waals surface area contributed by atoms with Gasteiger partial charge in [-0.1, -0.05) is 67.6 Å². The molecule has 6 rings (SSSR count). The first-order chi connectivity index (χ1) is 16.7. The van der Waals surface area contributed by atoms with E-state index in [-0.39, 0.29) is 0 Å². The zero-order chi connectivity index (χ0) is 23.1. The molecule has 0 saturated heterocycles. The van der Waals surface area contributed by atoms with Crippen molar-refractivity contribution < 1.29 is 0 Å². The highest BCUT2D eigenvalue weighted by atomic mass is 15.5. The summed E-state index contributed by atoms with van der Waals surface area (Å²) in [7, 11) is 0. The fraction of sp³-hybridized carbons (Fsp3) is 0.207. The number of para-hydroxylation sites is 1. The first-order valence-electron chi connectivity index (χ1n) is 11.9. The van der Waals surface area contributed by atoms with Crippen LogP contribution in [-0.4, -0.2) is 25.2 Å². The maximum absolute atomic E-state index is 4.18. The highest BCUT2D eigenvalue weighted by Crippen LogP contribution is 2.35. The van der Waals surface area contributed by atoms with Crippen LogP contribution in [0.1, 0.15) is 51.8 Å². The van der Waals surface area contributed by atoms with E-state index in [0.29, 0.717) is 5.82 Å². The summed E-state index contributed by atoms with van der Waals surface area (Å²) in [5, 5.41) is 16.0. The van der Waals surface area contributed by atoms with Gasteiger partial charge in [-0.2, -0.15) is 5.21 Å². The molecule has 0 bridgehead atoms. The van der Waals surface area contributed by atoms with Crippen molar-refractivity contribution in [3.63, 3.8) is 0 Å². The molecule has 5 aromatic rings. The minimum Gasteiger partial charge on any atom is -0.340 e. The molecule has 0 unspecified atom stereocenters. The lowest BCUT2D eigenvalue weighted by Gasteiger charge is -2.15. The first kappa shape index (κ1) is 20.6. The second-order valence-electron chi connectivity index (χ2n) is 9.01. The van der Waals surface area contributed by atoms with Crippen molar-refractivity contribution in [2.75, 3.05) is 0 Å². The average molecular weight is 446 g/mol. The normalized spacial score (nSPS) is 14.2. The second kappa shape index (κ2) is 8.41. The molecular formula is C29H27N5. The number of aromatic amines is 1. The van der Waals surface area contributed by atoms with Gasteiger partial charge in [-0.05, 0) is 82.5 Å². The third-order valence-corrected chi connectivity index (χ3v) is 7.10. The van der Waals surface area contributed by atoms with Crippen molar-refractivity contribution in [2.45, 2.75) is 39.7 Å². The molecule has 0 fully saturated rings. The Morgan fingerprint density at radius 3 is 2.59 bits per heavy atom. The standard InChI is InChI=1S/C29H27N5/c1-3-27-19(2)23-9-6-7-11-28(23)34(27)18-20-12-15-25-22(16-20)14-13-21-8-4-5-10-24(21)26(25)17-29-30-32-33-31-29/h4-12,15-17H,3,13-14,18H2,1-2H3,(H,30,31,32,33). The summed E-state index contributed by atoms with van der Waals surface area (Å²) in [6, 6.07) is 24.4. The molecule has 0 amide bonds. The van der Waals surface area contributed by atoms with Gasteiger partial charge in [0.25, 0.3) is 0 Å². The van der Waals surface area contributed by atoms with Crippen LogP contribution in [0.25, 0.3) is 22.6 Å². The molecule has 3 aromatic carbocycles. The maximum atomic E-state index is 4.18. The number of aryl methyl sites for hydroxylation is 3. The summed E-state index contributed by atoms with van der Waals surface area (Å²) in [6.45, 7) is 5.38. The van der Waals surface area contributed by atoms with E-state index in [0.717, 1.165) is 31.4 Å². The largest absolute Gasteiger partial charge is 0.340 e. The van der Waals surface area contributed by atoms with E-state index in [1.54, 1.807) is 0 Å². The Hall–Kier alpha value is -3.99. The van der Waals surface area contributed by atoms with Crippen LogP contribution in [0.4, 0.5) is 0 Å². The van der Waals surface area contributed by atoms with Gasteiger partial charge in [0.15, 0.2) is 5.82 Å². The third-order valence-electron chi connectivity index (χ3n) is 7.10. The quantitative estimate of drug-likeness (QED) is 0.383. The second-order valence-corrected chi connectivity index (χ2v) is 9.01. The van der Waals surface area contributed by atoms with E-state index in [1.807, 2.05) is 6.08 Å². The molecule has 168 valence electrons. The van der Waals surface area contributed by atoms with Gasteiger partial charge in [0.1, 0.15) is 0 Å². The highest BCUT2D eigenvalue weighted by Gasteiger charge is 2.20. The van der Waals surface area contributed by atoms with Crippen LogP contribution in [0.3, 0.4) is 0 Å². The molecule has 0 spiro atoms. The molecule has 2 aromatic heterocycles. The first-order valence-corrected chi connectivity index (χ1v) is 11.9. The number of H-pyrrole nitrogens is 1. The summed E-state index contributed by atoms with van der Waals surface area (Å²) in [5.74, 6) is 0.601. The minimum atomic E-state index is 0.601. The predicted molar refractivity (Wildman–Crippen MR) is 137 cm³/mol. The average Bonchev–Trinajstić information content (AvgIpc) is 3.44. The van der Waals surface area contributed by atoms with Crippen molar-refractivity contribution in [3.8, 4) is 0 Å². The molecule has 2 heterocycles. The van der Waals surface area contributed by atoms with Gasteiger partial charge in [-0.15, -0.1) is 10.2 Å². The molecule has 5 heteroatoms. The number of rotatable bonds is 4. The smallest absolute Gasteiger partial charge is 0.198 e. The summed E-state index contributed by atoms with van der Waals surface area (Å²) >= 11 is 0. The van der Waals surface area contributed by atoms with Crippen molar-refractivity contribution in [1.82, 2.24) is 25.2 Å². The summed E-state index contributed by atoms with van der Waals surface area (Å²) in [4.78, 5) is 0. The molecule has 0 atom stereocenters. The third kappa shape index (κ3) is 3.45. The van der Waals surface area contributed by atoms with E-state index in [2.05, 4.69) is 106 Å². The number of benzene rings is 3. The molecule has 0 aliphatic heterocycles. The highest BCUT2D eigenvalue weighted by molar-refractivity contribution is 5.93. The summed E-state index contributed by atoms with van der Waals surface area (Å²) < 4.78 is 2.49. The number of hydrogen-bond donors (Lipinski definition) is 1. The number of nitrogens with one attached hydrogen (secondary N) is 1. The summed E-state index contributed by atoms with van der Waals surface area (Å²) in [5.41, 5.74) is 11.9. The Labute approximate surface area is 199 Å². The molecule has 0 saturated carbocycles. The molecule has 5 nitrogen and oxygen atoms in total. The van der Waals surface area contributed by atoms with Gasteiger partial charge in [-0.25, -0.2) is 0 Å². The van der Waals surface area contributed by atoms with Gasteiger partial charge >= 0.3 is 0 Å². The van der Waals surface area contributed by atoms with Crippen LogP contribution in [-0.2, 0) is 25.8 Å². The lowest BCUT2D eigenvalue weighted by Crippen LogP contribution is -2.05. The maximum Gasteiger partial charge on any atom is 0.198 e. The van der Waals surface area contributed by atoms with Crippen molar-refractivity contribution in [2.24, 2.45) is 0 Å². The van der Waals surface area contributed by atoms with Gasteiger partial charge in [0, 0.05) is 23.1 Å². The summed E-state index contributed by atoms with van der Waals surface area (Å²) in [6.07, 6.45) is 5.10. The van der Waals surface area contributed by atoms with Gasteiger partial charge in [-0.3, -0.25) is 0 Å². The Balaban J connectivity index is 1.46. The molecule has 1 aliphatic carbocycles. The Morgan fingerprint density at radius 2 is 1.74 bits per heavy atom. The van der Waals surface area contributed by atoms with E-state index >= 15 is 0 Å². The number of aromatic nitrogens is 5. The van der Waals surface area contributed by atoms with E-state index in [9.17, 15) is 0 Å². The number of nitrogens with zero attached hydrogens (tertiary/aromatic N) is 4. The fourth-order valence-electron chi connectivity index (χ4n) is 5.49. The van der Waals surface area contributed by atoms with Gasteiger partial charge < -0.3 is 4.57 Å². The Bertz CT molecular complexity index is 1520. The van der Waals surface area contributed by atoms with Gasteiger partial charge in [0.05, 0.1) is 0 Å². The zero-order valence-electron chi connectivity index (χ0n) is 19.5. The lowest BCUT2D eigenvalue weighted by molar-refractivity contribution is 0.769. The number of tetrazole rings is 1. The topological polar surface area (TPSA) is 59.4 Å². The van der Waals surface area contributed by atoms with Crippen LogP contribution in [0, 0.1) is 6.92 Å². The Kier molecular flexibility index (Phi) is 5.10. The van der Waals surface area contributed by atoms with Crippen LogP contribution in [0.15, 0.2) is 66.7 Å². The van der Waals surface area contributed by atoms with Crippen molar-refractivity contribution in [1.29, 1.82) is 0 Å². The van der Waals surface area contributed by atoms with E-state index in [1.165, 1.54) is 50.0 Å². The SMILES string of the molecule is CCc1c(C)c2ccccc2n1Cc1ccc2c(c1)CCc1ccccc1C2=Cc1nn[nH]n1. The van der Waals surface area contributed by atoms with Gasteiger partial charge in [0.2, 0.25) is 0 Å². The van der Waals surface area contributed by atoms with Crippen LogP contribution >= 0.6 is 0 Å². The molecular weight excluding hydrogens is 418 g/mol. The molecule has 1 N–H and O–H groups in total. The molecule has 1 aliphatic rings. The van der Waals surface area contributed by atoms with Crippen molar-refractivity contribution in [3.05, 3.63) is 112 Å². The fourth-order valence-corrected chi connectivity index (χ4v) is 5.49. The number of fused-ring (bicyclic) bond motifs is 3. The van der Waals surface area contributed by atoms with Crippen LogP contribution < -0.4 is 0 Å². The molecule has 0 radical (unpaired) electrons. The van der Waals surface area contributed by atoms with Crippen LogP contribution in [0.2, 0.25) is 0 Å². The Morgan fingerprint density at radius 1 is 0.941 bits per heavy atom. The van der Waals surface area contributed by atoms with E-state index < -0.39 is 0 Å². The van der Waals surface area contributed by atoms with Crippen molar-refractivity contribution >= 4 is 22.6 Å². The number of hydrogen-bond acceptors (Lipinski definition) is 3. The zero-order valence-corrected chi connectivity index (χ0v) is 19.5. The predicted octanol–water partition coefficient (Wildman–Crippen LogP) is 5.76. The monoisotopic (exact) mass is 445 g/mol. The lowest BCUT2D eigenvalue weighted by atomic mass is 9.92.